The normalized spacial score (nSPS) is 25.6. The maximum atomic E-state index is 13.5. The number of rotatable bonds is 1. The Morgan fingerprint density at radius 2 is 2.60 bits per heavy atom. The third-order valence-corrected chi connectivity index (χ3v) is 2.88. The molecule has 1 saturated heterocycles. The number of anilines is 1. The van der Waals surface area contributed by atoms with E-state index in [2.05, 4.69) is 14.9 Å². The van der Waals surface area contributed by atoms with Crippen LogP contribution in [0.5, 0.6) is 0 Å². The van der Waals surface area contributed by atoms with E-state index in [9.17, 15) is 9.18 Å². The third kappa shape index (κ3) is 2.41. The number of alkyl halides is 1. The van der Waals surface area contributed by atoms with Gasteiger partial charge in [-0.2, -0.15) is 0 Å². The van der Waals surface area contributed by atoms with E-state index < -0.39 is 5.67 Å². The maximum Gasteiger partial charge on any atom is 0.322 e. The Hall–Kier alpha value is -1.24. The van der Waals surface area contributed by atoms with E-state index in [-0.39, 0.29) is 12.6 Å². The highest BCUT2D eigenvalue weighted by Gasteiger charge is 2.35. The molecule has 2 heterocycles. The van der Waals surface area contributed by atoms with Crippen LogP contribution < -0.4 is 5.32 Å². The van der Waals surface area contributed by atoms with Gasteiger partial charge >= 0.3 is 6.03 Å². The van der Waals surface area contributed by atoms with Crippen molar-refractivity contribution in [2.45, 2.75) is 19.0 Å². The molecule has 0 bridgehead atoms. The van der Waals surface area contributed by atoms with Gasteiger partial charge in [0.25, 0.3) is 0 Å². The Morgan fingerprint density at radius 3 is 3.13 bits per heavy atom. The van der Waals surface area contributed by atoms with Crippen LogP contribution in [0.25, 0.3) is 0 Å². The molecule has 2 amide bonds. The zero-order chi connectivity index (χ0) is 10.9. The van der Waals surface area contributed by atoms with Crippen molar-refractivity contribution in [3.8, 4) is 0 Å². The molecule has 0 radical (unpaired) electrons. The highest BCUT2D eigenvalue weighted by atomic mass is 32.1. The summed E-state index contributed by atoms with van der Waals surface area (Å²) in [6, 6.07) is -0.289. The Bertz CT molecular complexity index is 354. The molecule has 5 nitrogen and oxygen atoms in total. The molecule has 0 spiro atoms. The van der Waals surface area contributed by atoms with Crippen LogP contribution >= 0.6 is 11.5 Å². The minimum absolute atomic E-state index is 0.144. The highest BCUT2D eigenvalue weighted by Crippen LogP contribution is 2.25. The van der Waals surface area contributed by atoms with E-state index in [1.54, 1.807) is 0 Å². The summed E-state index contributed by atoms with van der Waals surface area (Å²) in [7, 11) is 0. The second-order valence-electron chi connectivity index (χ2n) is 3.80. The lowest BCUT2D eigenvalue weighted by Crippen LogP contribution is -2.35. The smallest absolute Gasteiger partial charge is 0.321 e. The molecule has 1 aliphatic rings. The molecule has 2 rings (SSSR count). The first-order valence-corrected chi connectivity index (χ1v) is 5.36. The number of carbonyl (C=O) groups is 1. The molecular weight excluding hydrogens is 219 g/mol. The zero-order valence-corrected chi connectivity index (χ0v) is 9.05. The quantitative estimate of drug-likeness (QED) is 0.795. The lowest BCUT2D eigenvalue weighted by molar-refractivity contribution is 0.186. The standard InChI is InChI=1S/C8H11FN4OS/c1-8(9)2-3-13(5-8)7(14)11-6-4-10-12-15-6/h4H,2-3,5H2,1H3,(H,11,14). The Labute approximate surface area is 90.4 Å². The number of amides is 2. The molecule has 1 atom stereocenters. The summed E-state index contributed by atoms with van der Waals surface area (Å²) >= 11 is 1.10. The summed E-state index contributed by atoms with van der Waals surface area (Å²) in [5.41, 5.74) is -1.26. The second kappa shape index (κ2) is 3.73. The third-order valence-electron chi connectivity index (χ3n) is 2.30. The van der Waals surface area contributed by atoms with Crippen molar-refractivity contribution in [1.82, 2.24) is 14.5 Å². The van der Waals surface area contributed by atoms with Crippen LogP contribution in [0.15, 0.2) is 6.20 Å². The SMILES string of the molecule is CC1(F)CCN(C(=O)Nc2cnns2)C1. The molecule has 1 aromatic rings. The minimum atomic E-state index is -1.26. The number of aromatic nitrogens is 2. The first kappa shape index (κ1) is 10.3. The molecule has 0 aromatic carbocycles. The van der Waals surface area contributed by atoms with Crippen molar-refractivity contribution < 1.29 is 9.18 Å². The van der Waals surface area contributed by atoms with Crippen LogP contribution in [0.3, 0.4) is 0 Å². The summed E-state index contributed by atoms with van der Waals surface area (Å²) in [5.74, 6) is 0. The van der Waals surface area contributed by atoms with Crippen molar-refractivity contribution in [2.75, 3.05) is 18.4 Å². The molecule has 1 unspecified atom stereocenters. The van der Waals surface area contributed by atoms with Gasteiger partial charge in [0.1, 0.15) is 10.7 Å². The van der Waals surface area contributed by atoms with Gasteiger partial charge in [0.2, 0.25) is 0 Å². The van der Waals surface area contributed by atoms with Gasteiger partial charge in [-0.3, -0.25) is 5.32 Å². The van der Waals surface area contributed by atoms with Crippen LogP contribution in [0, 0.1) is 0 Å². The van der Waals surface area contributed by atoms with Crippen LogP contribution in [0.1, 0.15) is 13.3 Å². The molecule has 82 valence electrons. The van der Waals surface area contributed by atoms with E-state index in [4.69, 9.17) is 0 Å². The van der Waals surface area contributed by atoms with E-state index in [0.29, 0.717) is 18.0 Å². The van der Waals surface area contributed by atoms with Crippen LogP contribution in [-0.4, -0.2) is 39.3 Å². The predicted molar refractivity (Wildman–Crippen MR) is 54.6 cm³/mol. The second-order valence-corrected chi connectivity index (χ2v) is 4.58. The first-order valence-electron chi connectivity index (χ1n) is 4.59. The summed E-state index contributed by atoms with van der Waals surface area (Å²) in [4.78, 5) is 13.1. The van der Waals surface area contributed by atoms with E-state index in [1.807, 2.05) is 0 Å². The van der Waals surface area contributed by atoms with Crippen molar-refractivity contribution in [3.63, 3.8) is 0 Å². The topological polar surface area (TPSA) is 58.1 Å². The fraction of sp³-hybridized carbons (Fsp3) is 0.625. The molecule has 1 fully saturated rings. The largest absolute Gasteiger partial charge is 0.322 e. The van der Waals surface area contributed by atoms with Gasteiger partial charge in [0.15, 0.2) is 0 Å². The molecular formula is C8H11FN4OS. The summed E-state index contributed by atoms with van der Waals surface area (Å²) in [5, 5.41) is 6.78. The average Bonchev–Trinajstić information content (AvgIpc) is 2.74. The Morgan fingerprint density at radius 1 is 1.80 bits per heavy atom. The number of likely N-dealkylation sites (tertiary alicyclic amines) is 1. The van der Waals surface area contributed by atoms with Crippen molar-refractivity contribution in [1.29, 1.82) is 0 Å². The van der Waals surface area contributed by atoms with Crippen molar-refractivity contribution >= 4 is 22.6 Å². The summed E-state index contributed by atoms with van der Waals surface area (Å²) < 4.78 is 17.1. The van der Waals surface area contributed by atoms with Crippen molar-refractivity contribution in [2.24, 2.45) is 0 Å². The average molecular weight is 230 g/mol. The Balaban J connectivity index is 1.93. The number of carbonyl (C=O) groups excluding carboxylic acids is 1. The highest BCUT2D eigenvalue weighted by molar-refractivity contribution is 7.10. The molecule has 0 saturated carbocycles. The molecule has 15 heavy (non-hydrogen) atoms. The fourth-order valence-electron chi connectivity index (χ4n) is 1.50. The lowest BCUT2D eigenvalue weighted by Gasteiger charge is -2.17. The molecule has 0 aliphatic carbocycles. The van der Waals surface area contributed by atoms with E-state index >= 15 is 0 Å². The Kier molecular flexibility index (Phi) is 2.56. The van der Waals surface area contributed by atoms with E-state index in [1.165, 1.54) is 18.0 Å². The predicted octanol–water partition coefficient (Wildman–Crippen LogP) is 1.50. The van der Waals surface area contributed by atoms with Gasteiger partial charge in [-0.15, -0.1) is 5.10 Å². The number of urea groups is 1. The van der Waals surface area contributed by atoms with Gasteiger partial charge in [-0.1, -0.05) is 4.49 Å². The van der Waals surface area contributed by atoms with Crippen LogP contribution in [-0.2, 0) is 0 Å². The van der Waals surface area contributed by atoms with Gasteiger partial charge in [0.05, 0.1) is 12.7 Å². The summed E-state index contributed by atoms with van der Waals surface area (Å²) in [6.07, 6.45) is 1.86. The number of hydrogen-bond acceptors (Lipinski definition) is 4. The molecule has 7 heteroatoms. The van der Waals surface area contributed by atoms with Gasteiger partial charge in [0, 0.05) is 24.5 Å². The molecule has 1 aliphatic heterocycles. The number of nitrogens with zero attached hydrogens (tertiary/aromatic N) is 3. The number of hydrogen-bond donors (Lipinski definition) is 1. The van der Waals surface area contributed by atoms with Gasteiger partial charge < -0.3 is 4.90 Å². The lowest BCUT2D eigenvalue weighted by atomic mass is 10.1. The maximum absolute atomic E-state index is 13.5. The number of nitrogens with one attached hydrogen (secondary N) is 1. The van der Waals surface area contributed by atoms with Crippen LogP contribution in [0.2, 0.25) is 0 Å². The minimum Gasteiger partial charge on any atom is -0.321 e. The van der Waals surface area contributed by atoms with Gasteiger partial charge in [-0.25, -0.2) is 9.18 Å². The zero-order valence-electron chi connectivity index (χ0n) is 8.23. The first-order chi connectivity index (χ1) is 7.07. The summed E-state index contributed by atoms with van der Waals surface area (Å²) in [6.45, 7) is 2.10. The fourth-order valence-corrected chi connectivity index (χ4v) is 1.91. The van der Waals surface area contributed by atoms with E-state index in [0.717, 1.165) is 11.5 Å². The monoisotopic (exact) mass is 230 g/mol. The number of halogens is 1. The van der Waals surface area contributed by atoms with Gasteiger partial charge in [-0.05, 0) is 6.92 Å². The molecule has 1 N–H and O–H groups in total. The van der Waals surface area contributed by atoms with Crippen molar-refractivity contribution in [3.05, 3.63) is 6.20 Å². The molecule has 1 aromatic heterocycles. The van der Waals surface area contributed by atoms with Crippen LogP contribution in [0.4, 0.5) is 14.2 Å².